The Hall–Kier alpha value is -2.29. The number of rotatable bonds is 6. The van der Waals surface area contributed by atoms with Gasteiger partial charge in [0.2, 0.25) is 0 Å². The fourth-order valence-corrected chi connectivity index (χ4v) is 3.61. The summed E-state index contributed by atoms with van der Waals surface area (Å²) in [4.78, 5) is 12.7. The molecule has 1 amide bonds. The van der Waals surface area contributed by atoms with Gasteiger partial charge in [0.05, 0.1) is 6.04 Å². The molecular formula is C23H29NO2. The molecule has 26 heavy (non-hydrogen) atoms. The second kappa shape index (κ2) is 8.39. The second-order valence-electron chi connectivity index (χ2n) is 7.24. The van der Waals surface area contributed by atoms with Crippen molar-refractivity contribution in [1.29, 1.82) is 0 Å². The lowest BCUT2D eigenvalue weighted by Crippen LogP contribution is -2.38. The van der Waals surface area contributed by atoms with E-state index in [1.165, 1.54) is 29.5 Å². The average Bonchev–Trinajstić information content (AvgIpc) is 2.67. The molecule has 0 aliphatic heterocycles. The number of hydrogen-bond acceptors (Lipinski definition) is 2. The van der Waals surface area contributed by atoms with Crippen molar-refractivity contribution >= 4 is 5.91 Å². The van der Waals surface area contributed by atoms with Crippen LogP contribution in [0.2, 0.25) is 0 Å². The van der Waals surface area contributed by atoms with Crippen LogP contribution >= 0.6 is 0 Å². The van der Waals surface area contributed by atoms with E-state index in [0.717, 1.165) is 30.6 Å². The highest BCUT2D eigenvalue weighted by molar-refractivity contribution is 5.81. The standard InChI is InChI=1S/C23H29NO2/c1-4-21(19-14-12-16(2)13-15-19)24-23(25)17(3)26-22-11-7-9-18-8-5-6-10-20(18)22/h7,9,11-15,17,21H,4-6,8,10H2,1-3H3,(H,24,25)/t17-,21+/m1/s1. The molecule has 0 radical (unpaired) electrons. The number of hydrogen-bond donors (Lipinski definition) is 1. The van der Waals surface area contributed by atoms with E-state index < -0.39 is 6.10 Å². The molecular weight excluding hydrogens is 322 g/mol. The molecule has 1 N–H and O–H groups in total. The molecule has 0 saturated carbocycles. The van der Waals surface area contributed by atoms with Crippen molar-refractivity contribution in [3.05, 3.63) is 64.7 Å². The van der Waals surface area contributed by atoms with Crippen molar-refractivity contribution < 1.29 is 9.53 Å². The maximum Gasteiger partial charge on any atom is 0.261 e. The largest absolute Gasteiger partial charge is 0.481 e. The summed E-state index contributed by atoms with van der Waals surface area (Å²) in [6.45, 7) is 5.99. The van der Waals surface area contributed by atoms with Crippen molar-refractivity contribution in [2.75, 3.05) is 0 Å². The van der Waals surface area contributed by atoms with Crippen LogP contribution in [0.4, 0.5) is 0 Å². The number of aryl methyl sites for hydroxylation is 2. The fourth-order valence-electron chi connectivity index (χ4n) is 3.61. The summed E-state index contributed by atoms with van der Waals surface area (Å²) < 4.78 is 6.06. The Morgan fingerprint density at radius 3 is 2.58 bits per heavy atom. The zero-order chi connectivity index (χ0) is 18.5. The predicted molar refractivity (Wildman–Crippen MR) is 106 cm³/mol. The number of nitrogens with one attached hydrogen (secondary N) is 1. The van der Waals surface area contributed by atoms with Gasteiger partial charge < -0.3 is 10.1 Å². The molecule has 2 atom stereocenters. The van der Waals surface area contributed by atoms with Crippen LogP contribution in [0.15, 0.2) is 42.5 Å². The van der Waals surface area contributed by atoms with Crippen LogP contribution in [0.1, 0.15) is 61.4 Å². The molecule has 2 aromatic carbocycles. The van der Waals surface area contributed by atoms with Crippen LogP contribution in [-0.2, 0) is 17.6 Å². The van der Waals surface area contributed by atoms with Gasteiger partial charge in [-0.05, 0) is 68.7 Å². The third-order valence-corrected chi connectivity index (χ3v) is 5.23. The first-order chi connectivity index (χ1) is 12.6. The van der Waals surface area contributed by atoms with E-state index in [-0.39, 0.29) is 11.9 Å². The first-order valence-electron chi connectivity index (χ1n) is 9.73. The molecule has 0 bridgehead atoms. The van der Waals surface area contributed by atoms with Gasteiger partial charge in [0.15, 0.2) is 6.10 Å². The summed E-state index contributed by atoms with van der Waals surface area (Å²) in [7, 11) is 0. The Labute approximate surface area is 156 Å². The molecule has 2 aromatic rings. The number of carbonyl (C=O) groups is 1. The van der Waals surface area contributed by atoms with Crippen LogP contribution in [-0.4, -0.2) is 12.0 Å². The summed E-state index contributed by atoms with van der Waals surface area (Å²) in [6, 6.07) is 14.6. The third-order valence-electron chi connectivity index (χ3n) is 5.23. The SMILES string of the molecule is CC[C@H](NC(=O)[C@@H](C)Oc1cccc2c1CCCC2)c1ccc(C)cc1. The van der Waals surface area contributed by atoms with Gasteiger partial charge in [-0.15, -0.1) is 0 Å². The highest BCUT2D eigenvalue weighted by Gasteiger charge is 2.21. The number of fused-ring (bicyclic) bond motifs is 1. The van der Waals surface area contributed by atoms with Crippen LogP contribution in [0.3, 0.4) is 0 Å². The Morgan fingerprint density at radius 1 is 1.12 bits per heavy atom. The first kappa shape index (κ1) is 18.5. The topological polar surface area (TPSA) is 38.3 Å². The van der Waals surface area contributed by atoms with Crippen molar-refractivity contribution in [3.63, 3.8) is 0 Å². The Bertz CT molecular complexity index is 751. The van der Waals surface area contributed by atoms with Gasteiger partial charge in [0.25, 0.3) is 5.91 Å². The van der Waals surface area contributed by atoms with Gasteiger partial charge in [-0.2, -0.15) is 0 Å². The van der Waals surface area contributed by atoms with Gasteiger partial charge in [-0.25, -0.2) is 0 Å². The molecule has 138 valence electrons. The molecule has 0 saturated heterocycles. The van der Waals surface area contributed by atoms with Crippen LogP contribution in [0, 0.1) is 6.92 Å². The first-order valence-corrected chi connectivity index (χ1v) is 9.73. The summed E-state index contributed by atoms with van der Waals surface area (Å²) in [5.41, 5.74) is 5.01. The summed E-state index contributed by atoms with van der Waals surface area (Å²) in [6.07, 6.45) is 4.92. The van der Waals surface area contributed by atoms with E-state index in [9.17, 15) is 4.79 Å². The van der Waals surface area contributed by atoms with E-state index in [1.807, 2.05) is 19.1 Å². The van der Waals surface area contributed by atoms with E-state index in [1.54, 1.807) is 0 Å². The number of benzene rings is 2. The molecule has 0 unspecified atom stereocenters. The van der Waals surface area contributed by atoms with Gasteiger partial charge in [-0.3, -0.25) is 4.79 Å². The van der Waals surface area contributed by atoms with E-state index in [2.05, 4.69) is 49.5 Å². The van der Waals surface area contributed by atoms with E-state index in [0.29, 0.717) is 0 Å². The predicted octanol–water partition coefficient (Wildman–Crippen LogP) is 4.91. The normalized spacial score (nSPS) is 15.7. The Kier molecular flexibility index (Phi) is 5.97. The highest BCUT2D eigenvalue weighted by atomic mass is 16.5. The lowest BCUT2D eigenvalue weighted by Gasteiger charge is -2.24. The second-order valence-corrected chi connectivity index (χ2v) is 7.24. The molecule has 1 aliphatic rings. The average molecular weight is 351 g/mol. The minimum atomic E-state index is -0.511. The number of carbonyl (C=O) groups excluding carboxylic acids is 1. The summed E-state index contributed by atoms with van der Waals surface area (Å²) >= 11 is 0. The molecule has 3 nitrogen and oxygen atoms in total. The molecule has 3 rings (SSSR count). The molecule has 0 spiro atoms. The van der Waals surface area contributed by atoms with Gasteiger partial charge in [0.1, 0.15) is 5.75 Å². The number of ether oxygens (including phenoxy) is 1. The monoisotopic (exact) mass is 351 g/mol. The molecule has 0 fully saturated rings. The zero-order valence-corrected chi connectivity index (χ0v) is 16.0. The summed E-state index contributed by atoms with van der Waals surface area (Å²) in [5.74, 6) is 0.805. The highest BCUT2D eigenvalue weighted by Crippen LogP contribution is 2.30. The lowest BCUT2D eigenvalue weighted by molar-refractivity contribution is -0.128. The van der Waals surface area contributed by atoms with Crippen molar-refractivity contribution in [3.8, 4) is 5.75 Å². The smallest absolute Gasteiger partial charge is 0.261 e. The van der Waals surface area contributed by atoms with Crippen LogP contribution in [0.25, 0.3) is 0 Å². The maximum atomic E-state index is 12.7. The van der Waals surface area contributed by atoms with Gasteiger partial charge >= 0.3 is 0 Å². The van der Waals surface area contributed by atoms with E-state index in [4.69, 9.17) is 4.74 Å². The maximum absolute atomic E-state index is 12.7. The zero-order valence-electron chi connectivity index (χ0n) is 16.0. The molecule has 0 aromatic heterocycles. The lowest BCUT2D eigenvalue weighted by atomic mass is 9.91. The molecule has 0 heterocycles. The van der Waals surface area contributed by atoms with Gasteiger partial charge in [-0.1, -0.05) is 48.9 Å². The summed E-state index contributed by atoms with van der Waals surface area (Å²) in [5, 5.41) is 3.14. The Morgan fingerprint density at radius 2 is 1.85 bits per heavy atom. The Balaban J connectivity index is 1.67. The minimum absolute atomic E-state index is 0.0128. The van der Waals surface area contributed by atoms with Crippen LogP contribution < -0.4 is 10.1 Å². The van der Waals surface area contributed by atoms with Crippen molar-refractivity contribution in [1.82, 2.24) is 5.32 Å². The molecule has 3 heteroatoms. The fraction of sp³-hybridized carbons (Fsp3) is 0.435. The van der Waals surface area contributed by atoms with Crippen molar-refractivity contribution in [2.24, 2.45) is 0 Å². The quantitative estimate of drug-likeness (QED) is 0.803. The number of amides is 1. The molecule has 1 aliphatic carbocycles. The van der Waals surface area contributed by atoms with E-state index >= 15 is 0 Å². The van der Waals surface area contributed by atoms with Crippen molar-refractivity contribution in [2.45, 2.75) is 65.0 Å². The van der Waals surface area contributed by atoms with Gasteiger partial charge in [0, 0.05) is 0 Å². The van der Waals surface area contributed by atoms with Crippen LogP contribution in [0.5, 0.6) is 5.75 Å². The third kappa shape index (κ3) is 4.27. The minimum Gasteiger partial charge on any atom is -0.481 e.